The van der Waals surface area contributed by atoms with Crippen molar-refractivity contribution >= 4 is 36.0 Å². The third-order valence-electron chi connectivity index (χ3n) is 4.37. The van der Waals surface area contributed by atoms with Crippen LogP contribution in [-0.2, 0) is 11.3 Å². The van der Waals surface area contributed by atoms with E-state index in [2.05, 4.69) is 37.9 Å². The molecular formula is C22H36IN7O2. The number of pyridine rings is 1. The predicted molar refractivity (Wildman–Crippen MR) is 138 cm³/mol. The van der Waals surface area contributed by atoms with E-state index in [1.54, 1.807) is 24.1 Å². The third kappa shape index (κ3) is 10.3. The van der Waals surface area contributed by atoms with Crippen molar-refractivity contribution in [3.05, 3.63) is 42.4 Å². The van der Waals surface area contributed by atoms with Gasteiger partial charge in [-0.05, 0) is 51.0 Å². The minimum atomic E-state index is -0.520. The summed E-state index contributed by atoms with van der Waals surface area (Å²) in [5.74, 6) is 1.43. The third-order valence-corrected chi connectivity index (χ3v) is 4.37. The lowest BCUT2D eigenvalue weighted by Gasteiger charge is -2.24. The van der Waals surface area contributed by atoms with Crippen molar-refractivity contribution < 1.29 is 9.53 Å². The second kappa shape index (κ2) is 13.9. The molecule has 0 radical (unpaired) electrons. The van der Waals surface area contributed by atoms with E-state index in [0.29, 0.717) is 19.0 Å². The minimum absolute atomic E-state index is 0. The van der Waals surface area contributed by atoms with Gasteiger partial charge in [0.25, 0.3) is 0 Å². The molecule has 9 nitrogen and oxygen atoms in total. The molecule has 2 aromatic rings. The Kier molecular flexibility index (Phi) is 12.0. The molecule has 32 heavy (non-hydrogen) atoms. The summed E-state index contributed by atoms with van der Waals surface area (Å²) in [5, 5.41) is 13.8. The number of aliphatic imine (C=N–C) groups is 1. The van der Waals surface area contributed by atoms with Gasteiger partial charge in [0.1, 0.15) is 5.60 Å². The number of nitrogens with zero attached hydrogens (tertiary/aromatic N) is 4. The predicted octanol–water partition coefficient (Wildman–Crippen LogP) is 3.63. The maximum atomic E-state index is 12.0. The van der Waals surface area contributed by atoms with E-state index in [-0.39, 0.29) is 30.0 Å². The number of ether oxygens (including phenoxy) is 1. The fraction of sp³-hybridized carbons (Fsp3) is 0.545. The van der Waals surface area contributed by atoms with Crippen molar-refractivity contribution in [1.82, 2.24) is 30.7 Å². The number of guanidine groups is 1. The Hall–Kier alpha value is -2.37. The molecule has 1 amide bonds. The Balaban J connectivity index is 0.00000512. The Morgan fingerprint density at radius 3 is 2.69 bits per heavy atom. The van der Waals surface area contributed by atoms with Gasteiger partial charge in [-0.2, -0.15) is 5.10 Å². The monoisotopic (exact) mass is 557 g/mol. The SMILES string of the molecule is CCCCC(CNC(=O)OC(C)(C)C)NC(=NC)NCc1ccnc(-n2cccn2)c1.I. The van der Waals surface area contributed by atoms with Crippen LogP contribution < -0.4 is 16.0 Å². The average Bonchev–Trinajstić information content (AvgIpc) is 3.26. The standard InChI is InChI=1S/C22H35N7O2.HI/c1-6-7-9-18(16-26-21(30)31-22(2,3)4)28-20(23-5)25-15-17-10-12-24-19(14-17)29-13-8-11-27-29;/h8,10-14,18H,6-7,9,15-16H2,1-5H3,(H,26,30)(H2,23,25,28);1H. The maximum absolute atomic E-state index is 12.0. The Labute approximate surface area is 207 Å². The molecular weight excluding hydrogens is 521 g/mol. The van der Waals surface area contributed by atoms with Gasteiger partial charge in [-0.15, -0.1) is 24.0 Å². The van der Waals surface area contributed by atoms with Gasteiger partial charge in [0.15, 0.2) is 11.8 Å². The number of rotatable bonds is 9. The van der Waals surface area contributed by atoms with Gasteiger partial charge in [0.2, 0.25) is 0 Å². The van der Waals surface area contributed by atoms with E-state index in [1.165, 1.54) is 0 Å². The number of hydrogen-bond acceptors (Lipinski definition) is 5. The van der Waals surface area contributed by atoms with E-state index in [9.17, 15) is 4.79 Å². The molecule has 2 rings (SSSR count). The number of unbranched alkanes of at least 4 members (excludes halogenated alkanes) is 1. The van der Waals surface area contributed by atoms with Gasteiger partial charge in [-0.3, -0.25) is 4.99 Å². The molecule has 0 aliphatic rings. The van der Waals surface area contributed by atoms with E-state index >= 15 is 0 Å². The van der Waals surface area contributed by atoms with Crippen LogP contribution in [0.3, 0.4) is 0 Å². The number of halogens is 1. The topological polar surface area (TPSA) is 105 Å². The van der Waals surface area contributed by atoms with Crippen LogP contribution in [0.15, 0.2) is 41.8 Å². The Bertz CT molecular complexity index is 835. The summed E-state index contributed by atoms with van der Waals surface area (Å²) in [6.45, 7) is 8.73. The summed E-state index contributed by atoms with van der Waals surface area (Å²) in [5.41, 5.74) is 0.536. The number of nitrogens with one attached hydrogen (secondary N) is 3. The number of amides is 1. The minimum Gasteiger partial charge on any atom is -0.444 e. The maximum Gasteiger partial charge on any atom is 0.407 e. The average molecular weight is 557 g/mol. The second-order valence-corrected chi connectivity index (χ2v) is 8.26. The van der Waals surface area contributed by atoms with Gasteiger partial charge in [-0.25, -0.2) is 14.5 Å². The molecule has 2 aromatic heterocycles. The van der Waals surface area contributed by atoms with Gasteiger partial charge < -0.3 is 20.7 Å². The number of hydrogen-bond donors (Lipinski definition) is 3. The van der Waals surface area contributed by atoms with E-state index in [4.69, 9.17) is 4.74 Å². The first-order chi connectivity index (χ1) is 14.8. The van der Waals surface area contributed by atoms with Crippen molar-refractivity contribution in [2.45, 2.75) is 65.1 Å². The normalized spacial score (nSPS) is 12.5. The molecule has 0 aromatic carbocycles. The molecule has 1 atom stereocenters. The first-order valence-electron chi connectivity index (χ1n) is 10.7. The molecule has 178 valence electrons. The lowest BCUT2D eigenvalue weighted by atomic mass is 10.1. The molecule has 0 saturated heterocycles. The molecule has 0 bridgehead atoms. The summed E-state index contributed by atoms with van der Waals surface area (Å²) < 4.78 is 7.06. The molecule has 0 aliphatic carbocycles. The van der Waals surface area contributed by atoms with Crippen LogP contribution in [-0.4, -0.2) is 52.1 Å². The zero-order chi connectivity index (χ0) is 22.7. The molecule has 10 heteroatoms. The number of aromatic nitrogens is 3. The van der Waals surface area contributed by atoms with Crippen molar-refractivity contribution in [3.63, 3.8) is 0 Å². The quantitative estimate of drug-likeness (QED) is 0.247. The van der Waals surface area contributed by atoms with Crippen LogP contribution in [0.4, 0.5) is 4.79 Å². The van der Waals surface area contributed by atoms with Gasteiger partial charge in [0.05, 0.1) is 0 Å². The van der Waals surface area contributed by atoms with E-state index in [1.807, 2.05) is 45.2 Å². The molecule has 0 aliphatic heterocycles. The molecule has 2 heterocycles. The second-order valence-electron chi connectivity index (χ2n) is 8.26. The smallest absolute Gasteiger partial charge is 0.407 e. The fourth-order valence-corrected chi connectivity index (χ4v) is 2.87. The largest absolute Gasteiger partial charge is 0.444 e. The Morgan fingerprint density at radius 2 is 2.06 bits per heavy atom. The van der Waals surface area contributed by atoms with E-state index < -0.39 is 11.7 Å². The highest BCUT2D eigenvalue weighted by Crippen LogP contribution is 2.08. The first kappa shape index (κ1) is 27.7. The fourth-order valence-electron chi connectivity index (χ4n) is 2.87. The Morgan fingerprint density at radius 1 is 1.28 bits per heavy atom. The first-order valence-corrected chi connectivity index (χ1v) is 10.7. The van der Waals surface area contributed by atoms with Crippen molar-refractivity contribution in [2.75, 3.05) is 13.6 Å². The van der Waals surface area contributed by atoms with Crippen LogP contribution in [0.2, 0.25) is 0 Å². The molecule has 3 N–H and O–H groups in total. The highest BCUT2D eigenvalue weighted by atomic mass is 127. The summed E-state index contributed by atoms with van der Waals surface area (Å²) >= 11 is 0. The summed E-state index contributed by atoms with van der Waals surface area (Å²) in [7, 11) is 1.73. The van der Waals surface area contributed by atoms with Gasteiger partial charge in [0, 0.05) is 44.8 Å². The number of carbonyl (C=O) groups is 1. The summed E-state index contributed by atoms with van der Waals surface area (Å²) in [4.78, 5) is 20.7. The van der Waals surface area contributed by atoms with Gasteiger partial charge in [-0.1, -0.05) is 19.8 Å². The lowest BCUT2D eigenvalue weighted by molar-refractivity contribution is 0.0523. The van der Waals surface area contributed by atoms with Crippen LogP contribution in [0.1, 0.15) is 52.5 Å². The lowest BCUT2D eigenvalue weighted by Crippen LogP contribution is -2.48. The summed E-state index contributed by atoms with van der Waals surface area (Å²) in [6, 6.07) is 5.83. The highest BCUT2D eigenvalue weighted by Gasteiger charge is 2.18. The van der Waals surface area contributed by atoms with Crippen LogP contribution >= 0.6 is 24.0 Å². The van der Waals surface area contributed by atoms with Crippen molar-refractivity contribution in [1.29, 1.82) is 0 Å². The molecule has 0 spiro atoms. The number of carbonyl (C=O) groups excluding carboxylic acids is 1. The molecule has 0 fully saturated rings. The number of alkyl carbamates (subject to hydrolysis) is 1. The highest BCUT2D eigenvalue weighted by molar-refractivity contribution is 14.0. The summed E-state index contributed by atoms with van der Waals surface area (Å²) in [6.07, 6.45) is 7.95. The van der Waals surface area contributed by atoms with Gasteiger partial charge >= 0.3 is 6.09 Å². The van der Waals surface area contributed by atoms with Crippen LogP contribution in [0.25, 0.3) is 5.82 Å². The zero-order valence-corrected chi connectivity index (χ0v) is 21.9. The molecule has 1 unspecified atom stereocenters. The zero-order valence-electron chi connectivity index (χ0n) is 19.6. The molecule has 0 saturated carbocycles. The van der Waals surface area contributed by atoms with Crippen LogP contribution in [0.5, 0.6) is 0 Å². The van der Waals surface area contributed by atoms with E-state index in [0.717, 1.165) is 30.6 Å². The van der Waals surface area contributed by atoms with Crippen molar-refractivity contribution in [3.8, 4) is 5.82 Å². The van der Waals surface area contributed by atoms with Crippen molar-refractivity contribution in [2.24, 2.45) is 4.99 Å². The van der Waals surface area contributed by atoms with Crippen LogP contribution in [0, 0.1) is 0 Å².